The van der Waals surface area contributed by atoms with Crippen LogP contribution in [0.5, 0.6) is 0 Å². The average Bonchev–Trinajstić information content (AvgIpc) is 3.16. The Kier molecular flexibility index (Phi) is 6.51. The fourth-order valence-corrected chi connectivity index (χ4v) is 4.99. The number of ether oxygens (including phenoxy) is 4. The molecule has 164 valence electrons. The van der Waals surface area contributed by atoms with Crippen LogP contribution in [0.4, 0.5) is 0 Å². The molecule has 0 radical (unpaired) electrons. The molecule has 5 rings (SSSR count). The Bertz CT molecular complexity index is 857. The lowest BCUT2D eigenvalue weighted by Gasteiger charge is -2.33. The van der Waals surface area contributed by atoms with Gasteiger partial charge in [-0.2, -0.15) is 0 Å². The van der Waals surface area contributed by atoms with Crippen LogP contribution in [0.2, 0.25) is 0 Å². The molecule has 2 aliphatic carbocycles. The number of rotatable bonds is 7. The molecule has 1 aliphatic heterocycles. The normalized spacial score (nSPS) is 27.1. The summed E-state index contributed by atoms with van der Waals surface area (Å²) in [5, 5.41) is 0. The molecule has 31 heavy (non-hydrogen) atoms. The standard InChI is InChI=1S/C27H32O4/c1-4-10-21(11-5-1)18-28-19-23-16-24(29-20-22-12-6-2-7-13-22)26-25(17-23)30-27(31-26)14-8-3-9-15-27/h1-2,4-7,10-13,17,24-26H,3,8-9,14-16,18-20H2/t24-,25-,26+/m1/s1. The molecule has 1 heterocycles. The topological polar surface area (TPSA) is 36.9 Å². The molecule has 3 aliphatic rings. The second-order valence-electron chi connectivity index (χ2n) is 8.98. The van der Waals surface area contributed by atoms with Crippen molar-refractivity contribution in [2.75, 3.05) is 6.61 Å². The van der Waals surface area contributed by atoms with Gasteiger partial charge in [-0.1, -0.05) is 73.2 Å². The molecule has 4 nitrogen and oxygen atoms in total. The first-order valence-corrected chi connectivity index (χ1v) is 11.6. The molecule has 4 heteroatoms. The lowest BCUT2D eigenvalue weighted by atomic mass is 9.92. The molecule has 1 spiro atoms. The third-order valence-corrected chi connectivity index (χ3v) is 6.58. The fourth-order valence-electron chi connectivity index (χ4n) is 4.99. The van der Waals surface area contributed by atoms with Crippen molar-refractivity contribution in [3.05, 3.63) is 83.4 Å². The molecular formula is C27H32O4. The van der Waals surface area contributed by atoms with Crippen molar-refractivity contribution >= 4 is 0 Å². The van der Waals surface area contributed by atoms with Gasteiger partial charge >= 0.3 is 0 Å². The van der Waals surface area contributed by atoms with Crippen molar-refractivity contribution < 1.29 is 18.9 Å². The maximum atomic E-state index is 6.58. The van der Waals surface area contributed by atoms with Gasteiger partial charge in [-0.25, -0.2) is 0 Å². The van der Waals surface area contributed by atoms with Crippen molar-refractivity contribution in [1.29, 1.82) is 0 Å². The van der Waals surface area contributed by atoms with Crippen LogP contribution in [0.25, 0.3) is 0 Å². The number of fused-ring (bicyclic) bond motifs is 1. The highest BCUT2D eigenvalue weighted by Crippen LogP contribution is 2.44. The number of hydrogen-bond acceptors (Lipinski definition) is 4. The fraction of sp³-hybridized carbons (Fsp3) is 0.481. The molecular weight excluding hydrogens is 388 g/mol. The summed E-state index contributed by atoms with van der Waals surface area (Å²) in [5.41, 5.74) is 3.61. The number of benzene rings is 2. The molecule has 0 bridgehead atoms. The molecule has 0 unspecified atom stereocenters. The van der Waals surface area contributed by atoms with Crippen molar-refractivity contribution in [2.45, 2.75) is 75.8 Å². The Morgan fingerprint density at radius 1 is 0.774 bits per heavy atom. The molecule has 0 amide bonds. The third-order valence-electron chi connectivity index (χ3n) is 6.58. The van der Waals surface area contributed by atoms with Gasteiger partial charge in [-0.15, -0.1) is 0 Å². The van der Waals surface area contributed by atoms with Crippen molar-refractivity contribution in [1.82, 2.24) is 0 Å². The van der Waals surface area contributed by atoms with E-state index in [-0.39, 0.29) is 18.3 Å². The summed E-state index contributed by atoms with van der Waals surface area (Å²) in [7, 11) is 0. The molecule has 2 aromatic rings. The first-order chi connectivity index (χ1) is 15.3. The zero-order valence-electron chi connectivity index (χ0n) is 18.1. The zero-order valence-corrected chi connectivity index (χ0v) is 18.1. The molecule has 2 aromatic carbocycles. The van der Waals surface area contributed by atoms with E-state index >= 15 is 0 Å². The minimum atomic E-state index is -0.418. The van der Waals surface area contributed by atoms with Gasteiger partial charge in [0.1, 0.15) is 12.2 Å². The Labute approximate surface area is 185 Å². The predicted molar refractivity (Wildman–Crippen MR) is 119 cm³/mol. The summed E-state index contributed by atoms with van der Waals surface area (Å²) in [4.78, 5) is 0. The van der Waals surface area contributed by atoms with E-state index < -0.39 is 5.79 Å². The van der Waals surface area contributed by atoms with Gasteiger partial charge in [0.15, 0.2) is 5.79 Å². The Balaban J connectivity index is 1.26. The molecule has 3 atom stereocenters. The summed E-state index contributed by atoms with van der Waals surface area (Å²) in [6.07, 6.45) is 8.53. The molecule has 0 aromatic heterocycles. The van der Waals surface area contributed by atoms with Crippen LogP contribution in [0.1, 0.15) is 49.7 Å². The van der Waals surface area contributed by atoms with Gasteiger partial charge in [0.05, 0.1) is 25.9 Å². The monoisotopic (exact) mass is 420 g/mol. The van der Waals surface area contributed by atoms with Gasteiger partial charge in [-0.05, 0) is 36.0 Å². The van der Waals surface area contributed by atoms with Crippen LogP contribution >= 0.6 is 0 Å². The second kappa shape index (κ2) is 9.66. The van der Waals surface area contributed by atoms with E-state index in [1.54, 1.807) is 0 Å². The molecule has 1 saturated heterocycles. The quantitative estimate of drug-likeness (QED) is 0.549. The van der Waals surface area contributed by atoms with E-state index in [4.69, 9.17) is 18.9 Å². The molecule has 0 N–H and O–H groups in total. The van der Waals surface area contributed by atoms with E-state index in [1.807, 2.05) is 24.3 Å². The van der Waals surface area contributed by atoms with Crippen molar-refractivity contribution in [2.24, 2.45) is 0 Å². The predicted octanol–water partition coefficient (Wildman–Crippen LogP) is 5.56. The lowest BCUT2D eigenvalue weighted by molar-refractivity contribution is -0.200. The SMILES string of the molecule is C1=C(COCc2ccccc2)C[C@@H](OCc2ccccc2)[C@@H]2OC3(CCCCC3)O[C@H]12. The van der Waals surface area contributed by atoms with Crippen LogP contribution in [0.3, 0.4) is 0 Å². The van der Waals surface area contributed by atoms with Gasteiger partial charge in [0, 0.05) is 12.8 Å². The summed E-state index contributed by atoms with van der Waals surface area (Å²) in [6.45, 7) is 1.80. The van der Waals surface area contributed by atoms with Gasteiger partial charge in [0.25, 0.3) is 0 Å². The average molecular weight is 421 g/mol. The summed E-state index contributed by atoms with van der Waals surface area (Å²) in [5.74, 6) is -0.418. The van der Waals surface area contributed by atoms with E-state index in [0.29, 0.717) is 19.8 Å². The van der Waals surface area contributed by atoms with Crippen molar-refractivity contribution in [3.63, 3.8) is 0 Å². The van der Waals surface area contributed by atoms with Crippen LogP contribution in [-0.4, -0.2) is 30.7 Å². The minimum Gasteiger partial charge on any atom is -0.372 e. The Hall–Kier alpha value is -1.98. The van der Waals surface area contributed by atoms with Crippen molar-refractivity contribution in [3.8, 4) is 0 Å². The van der Waals surface area contributed by atoms with E-state index in [2.05, 4.69) is 42.5 Å². The van der Waals surface area contributed by atoms with E-state index in [9.17, 15) is 0 Å². The van der Waals surface area contributed by atoms with Crippen LogP contribution < -0.4 is 0 Å². The maximum Gasteiger partial charge on any atom is 0.169 e. The summed E-state index contributed by atoms with van der Waals surface area (Å²) in [6, 6.07) is 20.7. The van der Waals surface area contributed by atoms with Gasteiger partial charge in [0.2, 0.25) is 0 Å². The van der Waals surface area contributed by atoms with E-state index in [0.717, 1.165) is 19.3 Å². The number of hydrogen-bond donors (Lipinski definition) is 0. The Morgan fingerprint density at radius 2 is 1.45 bits per heavy atom. The van der Waals surface area contributed by atoms with Crippen LogP contribution in [0.15, 0.2) is 72.3 Å². The zero-order chi connectivity index (χ0) is 20.9. The summed E-state index contributed by atoms with van der Waals surface area (Å²) >= 11 is 0. The molecule has 2 fully saturated rings. The highest BCUT2D eigenvalue weighted by Gasteiger charge is 2.51. The van der Waals surface area contributed by atoms with Gasteiger partial charge in [-0.3, -0.25) is 0 Å². The third kappa shape index (κ3) is 5.09. The highest BCUT2D eigenvalue weighted by atomic mass is 16.8. The maximum absolute atomic E-state index is 6.58. The summed E-state index contributed by atoms with van der Waals surface area (Å²) < 4.78 is 25.6. The Morgan fingerprint density at radius 3 is 2.16 bits per heavy atom. The largest absolute Gasteiger partial charge is 0.372 e. The smallest absolute Gasteiger partial charge is 0.169 e. The minimum absolute atomic E-state index is 0.0215. The van der Waals surface area contributed by atoms with E-state index in [1.165, 1.54) is 36.0 Å². The highest BCUT2D eigenvalue weighted by molar-refractivity contribution is 5.19. The lowest BCUT2D eigenvalue weighted by Crippen LogP contribution is -2.41. The first-order valence-electron chi connectivity index (χ1n) is 11.6. The van der Waals surface area contributed by atoms with Gasteiger partial charge < -0.3 is 18.9 Å². The second-order valence-corrected chi connectivity index (χ2v) is 8.98. The first kappa shape index (κ1) is 20.9. The molecule has 1 saturated carbocycles. The van der Waals surface area contributed by atoms with Crippen LogP contribution in [-0.2, 0) is 32.2 Å². The van der Waals surface area contributed by atoms with Crippen LogP contribution in [0, 0.1) is 0 Å².